The maximum Gasteiger partial charge on any atom is 0.170 e. The number of rotatable bonds is 16. The SMILES string of the molecule is C=C/C=C\C(=C/C)P(=O)(c1ccccc1)c1cccc(-c2nc(-c3cccc(P(=O)(C(/C=C\C)=C/C)c4ccccc4)c3)nc(-c3cccc(P(=O)(C(/C=C\C)=C/C)c4ccccc4)c3)n2)c1. The zero-order valence-corrected chi connectivity index (χ0v) is 41.2. The van der Waals surface area contributed by atoms with Crippen LogP contribution in [0.15, 0.2) is 247 Å². The van der Waals surface area contributed by atoms with Crippen LogP contribution in [0.5, 0.6) is 0 Å². The Morgan fingerprint density at radius 2 is 0.672 bits per heavy atom. The van der Waals surface area contributed by atoms with E-state index in [0.717, 1.165) is 0 Å². The molecule has 3 atom stereocenters. The minimum Gasteiger partial charge on any atom is -0.309 e. The Balaban J connectivity index is 1.49. The highest BCUT2D eigenvalue weighted by Gasteiger charge is 2.34. The normalized spacial score (nSPS) is 15.3. The summed E-state index contributed by atoms with van der Waals surface area (Å²) in [5.41, 5.74) is 1.87. The Morgan fingerprint density at radius 1 is 0.388 bits per heavy atom. The minimum atomic E-state index is -3.43. The van der Waals surface area contributed by atoms with Crippen LogP contribution in [0, 0.1) is 0 Å². The molecule has 3 unspecified atom stereocenters. The van der Waals surface area contributed by atoms with E-state index in [-0.39, 0.29) is 0 Å². The van der Waals surface area contributed by atoms with Crippen molar-refractivity contribution >= 4 is 53.3 Å². The van der Waals surface area contributed by atoms with Crippen molar-refractivity contribution in [1.29, 1.82) is 0 Å². The Hall–Kier alpha value is -6.80. The van der Waals surface area contributed by atoms with Crippen molar-refractivity contribution in [1.82, 2.24) is 15.0 Å². The third-order valence-electron chi connectivity index (χ3n) is 11.5. The van der Waals surface area contributed by atoms with E-state index in [2.05, 4.69) is 6.58 Å². The number of hydrogen-bond acceptors (Lipinski definition) is 6. The molecule has 0 aliphatic rings. The molecule has 1 aromatic heterocycles. The van der Waals surface area contributed by atoms with Gasteiger partial charge in [-0.15, -0.1) is 0 Å². The first kappa shape index (κ1) is 48.1. The summed E-state index contributed by atoms with van der Waals surface area (Å²) in [6.07, 6.45) is 18.6. The second-order valence-electron chi connectivity index (χ2n) is 15.5. The maximum atomic E-state index is 15.7. The topological polar surface area (TPSA) is 89.9 Å². The summed E-state index contributed by atoms with van der Waals surface area (Å²) < 4.78 is 46.9. The quantitative estimate of drug-likeness (QED) is 0.0708. The molecule has 334 valence electrons. The summed E-state index contributed by atoms with van der Waals surface area (Å²) in [7, 11) is -10.2. The Kier molecular flexibility index (Phi) is 15.6. The van der Waals surface area contributed by atoms with Gasteiger partial charge in [0.25, 0.3) is 0 Å². The summed E-state index contributed by atoms with van der Waals surface area (Å²) in [6.45, 7) is 13.4. The van der Waals surface area contributed by atoms with Crippen LogP contribution in [0.25, 0.3) is 34.2 Å². The molecule has 0 spiro atoms. The van der Waals surface area contributed by atoms with E-state index in [9.17, 15) is 0 Å². The highest BCUT2D eigenvalue weighted by Crippen LogP contribution is 2.55. The first-order chi connectivity index (χ1) is 32.6. The molecule has 0 amide bonds. The van der Waals surface area contributed by atoms with Gasteiger partial charge in [-0.3, -0.25) is 0 Å². The van der Waals surface area contributed by atoms with Crippen molar-refractivity contribution in [3.63, 3.8) is 0 Å². The molecule has 7 aromatic rings. The van der Waals surface area contributed by atoms with Gasteiger partial charge in [-0.05, 0) is 52.8 Å². The molecule has 0 bridgehead atoms. The molecule has 1 heterocycles. The standard InChI is InChI=1S/C58H54N3O3P3/c1-7-13-31-49(12-6)67(64,52-36-21-16-22-37-52)55-40-25-30-46(43-55)58-60-56(44-28-23-38-53(41-44)65(62,47(10-4)26-8-2)50-32-17-14-18-33-50)59-57(61-58)45-29-24-39-54(42-45)66(63,48(11-5)27-9-3)51-34-19-15-20-35-51/h7-43H,1H2,2-6H3/b26-8-,27-9-,31-13-,47-10+,48-11+,49-12+. The molecular formula is C58H54N3O3P3. The Morgan fingerprint density at radius 3 is 0.940 bits per heavy atom. The van der Waals surface area contributed by atoms with E-state index in [1.54, 1.807) is 12.2 Å². The van der Waals surface area contributed by atoms with Gasteiger partial charge in [0.15, 0.2) is 38.9 Å². The average molecular weight is 934 g/mol. The molecule has 6 aromatic carbocycles. The maximum absolute atomic E-state index is 15.7. The van der Waals surface area contributed by atoms with Crippen LogP contribution in [-0.2, 0) is 13.7 Å². The molecule has 9 heteroatoms. The Bertz CT molecular complexity index is 3090. The fraction of sp³-hybridized carbons (Fsp3) is 0.0862. The predicted octanol–water partition coefficient (Wildman–Crippen LogP) is 13.4. The Labute approximate surface area is 395 Å². The van der Waals surface area contributed by atoms with Crippen LogP contribution in [0.1, 0.15) is 34.6 Å². The lowest BCUT2D eigenvalue weighted by molar-refractivity contribution is 0.590. The van der Waals surface area contributed by atoms with Crippen LogP contribution in [0.3, 0.4) is 0 Å². The van der Waals surface area contributed by atoms with E-state index in [1.165, 1.54) is 0 Å². The first-order valence-corrected chi connectivity index (χ1v) is 27.3. The van der Waals surface area contributed by atoms with Gasteiger partial charge in [0, 0.05) is 64.5 Å². The molecule has 0 fully saturated rings. The number of aromatic nitrogens is 3. The number of hydrogen-bond donors (Lipinski definition) is 0. The second-order valence-corrected chi connectivity index (χ2v) is 23.8. The third kappa shape index (κ3) is 9.72. The number of allylic oxidation sites excluding steroid dienone is 13. The average Bonchev–Trinajstić information content (AvgIpc) is 3.39. The van der Waals surface area contributed by atoms with Crippen LogP contribution >= 0.6 is 21.4 Å². The van der Waals surface area contributed by atoms with Crippen molar-refractivity contribution < 1.29 is 13.7 Å². The minimum absolute atomic E-state index is 0.338. The summed E-state index contributed by atoms with van der Waals surface area (Å²) in [5, 5.41) is 6.00. The molecular weight excluding hydrogens is 880 g/mol. The van der Waals surface area contributed by atoms with Crippen LogP contribution in [-0.4, -0.2) is 15.0 Å². The van der Waals surface area contributed by atoms with Gasteiger partial charge in [-0.25, -0.2) is 15.0 Å². The van der Waals surface area contributed by atoms with Crippen LogP contribution < -0.4 is 31.8 Å². The molecule has 0 aliphatic carbocycles. The van der Waals surface area contributed by atoms with Crippen molar-refractivity contribution in [2.75, 3.05) is 0 Å². The van der Waals surface area contributed by atoms with Gasteiger partial charge in [-0.2, -0.15) is 0 Å². The molecule has 0 radical (unpaired) electrons. The van der Waals surface area contributed by atoms with E-state index in [1.807, 2.05) is 247 Å². The lowest BCUT2D eigenvalue weighted by Crippen LogP contribution is -2.18. The van der Waals surface area contributed by atoms with Crippen molar-refractivity contribution in [2.45, 2.75) is 34.6 Å². The van der Waals surface area contributed by atoms with Gasteiger partial charge < -0.3 is 13.7 Å². The molecule has 67 heavy (non-hydrogen) atoms. The molecule has 0 N–H and O–H groups in total. The van der Waals surface area contributed by atoms with Crippen molar-refractivity contribution in [2.24, 2.45) is 0 Å². The van der Waals surface area contributed by atoms with Crippen LogP contribution in [0.2, 0.25) is 0 Å². The predicted molar refractivity (Wildman–Crippen MR) is 286 cm³/mol. The monoisotopic (exact) mass is 933 g/mol. The lowest BCUT2D eigenvalue weighted by atomic mass is 10.1. The van der Waals surface area contributed by atoms with E-state index >= 15 is 13.7 Å². The lowest BCUT2D eigenvalue weighted by Gasteiger charge is -2.22. The number of nitrogens with zero attached hydrogens (tertiary/aromatic N) is 3. The summed E-state index contributed by atoms with van der Waals surface area (Å²) in [6, 6.07) is 51.3. The van der Waals surface area contributed by atoms with E-state index in [0.29, 0.717) is 81.9 Å². The molecule has 0 aliphatic heterocycles. The van der Waals surface area contributed by atoms with Crippen LogP contribution in [0.4, 0.5) is 0 Å². The van der Waals surface area contributed by atoms with Gasteiger partial charge in [0.2, 0.25) is 0 Å². The van der Waals surface area contributed by atoms with E-state index in [4.69, 9.17) is 15.0 Å². The number of benzene rings is 6. The zero-order valence-electron chi connectivity index (χ0n) is 38.5. The largest absolute Gasteiger partial charge is 0.309 e. The summed E-state index contributed by atoms with van der Waals surface area (Å²) in [4.78, 5) is 15.4. The molecule has 6 nitrogen and oxygen atoms in total. The summed E-state index contributed by atoms with van der Waals surface area (Å²) in [5.74, 6) is 1.02. The zero-order chi connectivity index (χ0) is 47.4. The van der Waals surface area contributed by atoms with Gasteiger partial charge in [-0.1, -0.05) is 213 Å². The second kappa shape index (κ2) is 21.7. The van der Waals surface area contributed by atoms with Crippen molar-refractivity contribution in [3.8, 4) is 34.2 Å². The van der Waals surface area contributed by atoms with Gasteiger partial charge in [0.1, 0.15) is 0 Å². The third-order valence-corrected chi connectivity index (χ3v) is 21.0. The first-order valence-electron chi connectivity index (χ1n) is 22.2. The van der Waals surface area contributed by atoms with E-state index < -0.39 is 21.4 Å². The fourth-order valence-corrected chi connectivity index (χ4v) is 16.6. The summed E-state index contributed by atoms with van der Waals surface area (Å²) >= 11 is 0. The highest BCUT2D eigenvalue weighted by molar-refractivity contribution is 7.83. The van der Waals surface area contributed by atoms with Gasteiger partial charge in [0.05, 0.1) is 0 Å². The molecule has 0 saturated carbocycles. The smallest absolute Gasteiger partial charge is 0.170 e. The highest BCUT2D eigenvalue weighted by atomic mass is 31.2. The molecule has 0 saturated heterocycles. The van der Waals surface area contributed by atoms with Crippen molar-refractivity contribution in [3.05, 3.63) is 247 Å². The fourth-order valence-electron chi connectivity index (χ4n) is 8.20. The molecule has 7 rings (SSSR count). The van der Waals surface area contributed by atoms with Gasteiger partial charge >= 0.3 is 0 Å².